The number of carbonyl (C=O) groups is 1. The molecule has 2 rings (SSSR count). The Hall–Kier alpha value is -2.53. The Morgan fingerprint density at radius 1 is 1.29 bits per heavy atom. The topological polar surface area (TPSA) is 84.6 Å². The van der Waals surface area contributed by atoms with Crippen LogP contribution in [0.2, 0.25) is 0 Å². The molecule has 0 saturated carbocycles. The summed E-state index contributed by atoms with van der Waals surface area (Å²) in [5, 5.41) is 12.3. The number of hydrogen-bond acceptors (Lipinski definition) is 4. The van der Waals surface area contributed by atoms with Crippen LogP contribution in [0.25, 0.3) is 0 Å². The van der Waals surface area contributed by atoms with E-state index in [0.717, 1.165) is 5.56 Å². The summed E-state index contributed by atoms with van der Waals surface area (Å²) in [4.78, 5) is 12.4. The molecule has 0 bridgehead atoms. The van der Waals surface area contributed by atoms with E-state index in [0.29, 0.717) is 17.0 Å². The van der Waals surface area contributed by atoms with E-state index in [1.54, 1.807) is 18.2 Å². The molecule has 21 heavy (non-hydrogen) atoms. The highest BCUT2D eigenvalue weighted by atomic mass is 16.5. The van der Waals surface area contributed by atoms with Crippen LogP contribution in [-0.4, -0.2) is 24.7 Å². The first kappa shape index (κ1) is 14.9. The Labute approximate surface area is 123 Å². The molecule has 110 valence electrons. The number of nitrogens with two attached hydrogens (primary N) is 1. The number of methoxy groups -OCH3 is 1. The molecule has 0 spiro atoms. The lowest BCUT2D eigenvalue weighted by Gasteiger charge is -2.18. The van der Waals surface area contributed by atoms with Gasteiger partial charge in [-0.15, -0.1) is 0 Å². The standard InChI is InChI=1S/C16H18N2O3/c1-21-15-8-7-12(17)9-13(15)16(20)18-14(10-19)11-5-3-2-4-6-11/h2-9,14,19H,10,17H2,1H3,(H,18,20)/t14-/m0/s1. The zero-order chi connectivity index (χ0) is 15.2. The van der Waals surface area contributed by atoms with Crippen molar-refractivity contribution >= 4 is 11.6 Å². The number of ether oxygens (including phenoxy) is 1. The van der Waals surface area contributed by atoms with Gasteiger partial charge in [0, 0.05) is 5.69 Å². The molecule has 0 aromatic heterocycles. The fourth-order valence-corrected chi connectivity index (χ4v) is 2.06. The quantitative estimate of drug-likeness (QED) is 0.731. The van der Waals surface area contributed by atoms with Crippen LogP contribution in [0.1, 0.15) is 22.0 Å². The van der Waals surface area contributed by atoms with Crippen LogP contribution in [0.15, 0.2) is 48.5 Å². The van der Waals surface area contributed by atoms with E-state index >= 15 is 0 Å². The van der Waals surface area contributed by atoms with E-state index in [4.69, 9.17) is 10.5 Å². The lowest BCUT2D eigenvalue weighted by atomic mass is 10.1. The van der Waals surface area contributed by atoms with E-state index in [-0.39, 0.29) is 12.5 Å². The largest absolute Gasteiger partial charge is 0.496 e. The molecule has 0 heterocycles. The van der Waals surface area contributed by atoms with E-state index in [9.17, 15) is 9.90 Å². The number of hydrogen-bond donors (Lipinski definition) is 3. The normalized spacial score (nSPS) is 11.7. The molecule has 0 aliphatic carbocycles. The van der Waals surface area contributed by atoms with Crippen molar-refractivity contribution < 1.29 is 14.6 Å². The summed E-state index contributed by atoms with van der Waals surface area (Å²) in [6.07, 6.45) is 0. The Kier molecular flexibility index (Phi) is 4.79. The van der Waals surface area contributed by atoms with Crippen molar-refractivity contribution in [2.45, 2.75) is 6.04 Å². The van der Waals surface area contributed by atoms with Crippen LogP contribution in [0, 0.1) is 0 Å². The summed E-state index contributed by atoms with van der Waals surface area (Å²) in [6.45, 7) is -0.194. The van der Waals surface area contributed by atoms with Gasteiger partial charge in [-0.3, -0.25) is 4.79 Å². The van der Waals surface area contributed by atoms with Crippen molar-refractivity contribution in [2.75, 3.05) is 19.5 Å². The highest BCUT2D eigenvalue weighted by molar-refractivity contribution is 5.98. The van der Waals surface area contributed by atoms with Gasteiger partial charge in [-0.2, -0.15) is 0 Å². The monoisotopic (exact) mass is 286 g/mol. The van der Waals surface area contributed by atoms with Crippen LogP contribution >= 0.6 is 0 Å². The minimum atomic E-state index is -0.482. The summed E-state index contributed by atoms with van der Waals surface area (Å²) in [5.74, 6) is 0.0912. The second-order valence-electron chi connectivity index (χ2n) is 4.58. The molecule has 0 saturated heterocycles. The maximum absolute atomic E-state index is 12.4. The number of rotatable bonds is 5. The van der Waals surface area contributed by atoms with Gasteiger partial charge < -0.3 is 20.9 Å². The van der Waals surface area contributed by atoms with Crippen molar-refractivity contribution in [3.05, 3.63) is 59.7 Å². The molecule has 0 aliphatic heterocycles. The number of nitrogens with one attached hydrogen (secondary N) is 1. The Morgan fingerprint density at radius 3 is 2.62 bits per heavy atom. The molecule has 0 aliphatic rings. The first-order valence-electron chi connectivity index (χ1n) is 6.56. The molecule has 4 N–H and O–H groups in total. The fourth-order valence-electron chi connectivity index (χ4n) is 2.06. The molecule has 2 aromatic rings. The average molecular weight is 286 g/mol. The number of aliphatic hydroxyl groups is 1. The number of amides is 1. The average Bonchev–Trinajstić information content (AvgIpc) is 2.53. The van der Waals surface area contributed by atoms with Crippen molar-refractivity contribution in [3.63, 3.8) is 0 Å². The Morgan fingerprint density at radius 2 is 2.00 bits per heavy atom. The summed E-state index contributed by atoms with van der Waals surface area (Å²) < 4.78 is 5.16. The minimum Gasteiger partial charge on any atom is -0.496 e. The van der Waals surface area contributed by atoms with E-state index in [1.807, 2.05) is 30.3 Å². The Bertz CT molecular complexity index is 614. The molecule has 1 atom stereocenters. The molecule has 0 unspecified atom stereocenters. The molecule has 0 fully saturated rings. The third kappa shape index (κ3) is 3.52. The third-order valence-corrected chi connectivity index (χ3v) is 3.16. The van der Waals surface area contributed by atoms with Crippen molar-refractivity contribution in [3.8, 4) is 5.75 Å². The van der Waals surface area contributed by atoms with Gasteiger partial charge in [0.25, 0.3) is 5.91 Å². The lowest BCUT2D eigenvalue weighted by molar-refractivity contribution is 0.0913. The van der Waals surface area contributed by atoms with Gasteiger partial charge in [-0.1, -0.05) is 30.3 Å². The molecule has 5 nitrogen and oxygen atoms in total. The number of anilines is 1. The van der Waals surface area contributed by atoms with Gasteiger partial charge in [-0.05, 0) is 23.8 Å². The predicted octanol–water partition coefficient (Wildman–Crippen LogP) is 1.74. The molecular formula is C16H18N2O3. The van der Waals surface area contributed by atoms with Gasteiger partial charge in [0.1, 0.15) is 5.75 Å². The first-order valence-corrected chi connectivity index (χ1v) is 6.56. The Balaban J connectivity index is 2.22. The summed E-state index contributed by atoms with van der Waals surface area (Å²) in [5.41, 5.74) is 7.35. The van der Waals surface area contributed by atoms with Crippen LogP contribution in [0.5, 0.6) is 5.75 Å². The van der Waals surface area contributed by atoms with Crippen LogP contribution in [-0.2, 0) is 0 Å². The molecular weight excluding hydrogens is 268 g/mol. The van der Waals surface area contributed by atoms with Gasteiger partial charge >= 0.3 is 0 Å². The first-order chi connectivity index (χ1) is 10.2. The van der Waals surface area contributed by atoms with Gasteiger partial charge in [-0.25, -0.2) is 0 Å². The van der Waals surface area contributed by atoms with Crippen molar-refractivity contribution in [1.82, 2.24) is 5.32 Å². The maximum atomic E-state index is 12.4. The van der Waals surface area contributed by atoms with Gasteiger partial charge in [0.15, 0.2) is 0 Å². The number of aliphatic hydroxyl groups excluding tert-OH is 1. The van der Waals surface area contributed by atoms with E-state index < -0.39 is 6.04 Å². The maximum Gasteiger partial charge on any atom is 0.255 e. The number of nitrogen functional groups attached to an aromatic ring is 1. The van der Waals surface area contributed by atoms with E-state index in [1.165, 1.54) is 7.11 Å². The third-order valence-electron chi connectivity index (χ3n) is 3.16. The van der Waals surface area contributed by atoms with Crippen molar-refractivity contribution in [1.29, 1.82) is 0 Å². The summed E-state index contributed by atoms with van der Waals surface area (Å²) >= 11 is 0. The minimum absolute atomic E-state index is 0.194. The second-order valence-corrected chi connectivity index (χ2v) is 4.58. The molecule has 0 radical (unpaired) electrons. The number of carbonyl (C=O) groups excluding carboxylic acids is 1. The molecule has 1 amide bonds. The van der Waals surface area contributed by atoms with Crippen molar-refractivity contribution in [2.24, 2.45) is 0 Å². The van der Waals surface area contributed by atoms with E-state index in [2.05, 4.69) is 5.32 Å². The van der Waals surface area contributed by atoms with Gasteiger partial charge in [0.05, 0.1) is 25.3 Å². The van der Waals surface area contributed by atoms with Crippen LogP contribution in [0.4, 0.5) is 5.69 Å². The second kappa shape index (κ2) is 6.76. The zero-order valence-corrected chi connectivity index (χ0v) is 11.7. The van der Waals surface area contributed by atoms with Gasteiger partial charge in [0.2, 0.25) is 0 Å². The molecule has 2 aromatic carbocycles. The predicted molar refractivity (Wildman–Crippen MR) is 81.1 cm³/mol. The SMILES string of the molecule is COc1ccc(N)cc1C(=O)N[C@@H](CO)c1ccccc1. The molecule has 5 heteroatoms. The highest BCUT2D eigenvalue weighted by Crippen LogP contribution is 2.22. The van der Waals surface area contributed by atoms with Crippen LogP contribution in [0.3, 0.4) is 0 Å². The van der Waals surface area contributed by atoms with Crippen LogP contribution < -0.4 is 15.8 Å². The fraction of sp³-hybridized carbons (Fsp3) is 0.188. The highest BCUT2D eigenvalue weighted by Gasteiger charge is 2.18. The summed E-state index contributed by atoms with van der Waals surface area (Å²) in [7, 11) is 1.49. The number of benzene rings is 2. The smallest absolute Gasteiger partial charge is 0.255 e. The lowest BCUT2D eigenvalue weighted by Crippen LogP contribution is -2.31. The summed E-state index contributed by atoms with van der Waals surface area (Å²) in [6, 6.07) is 13.6. The zero-order valence-electron chi connectivity index (χ0n) is 11.7.